The zero-order valence-electron chi connectivity index (χ0n) is 18.6. The fourth-order valence-corrected chi connectivity index (χ4v) is 2.27. The van der Waals surface area contributed by atoms with Gasteiger partial charge in [0.05, 0.1) is 0 Å². The second-order valence-electron chi connectivity index (χ2n) is 4.78. The van der Waals surface area contributed by atoms with Crippen molar-refractivity contribution < 1.29 is 37.1 Å². The van der Waals surface area contributed by atoms with E-state index in [2.05, 4.69) is 147 Å². The van der Waals surface area contributed by atoms with Crippen LogP contribution in [0, 0.1) is 7.36 Å². The summed E-state index contributed by atoms with van der Waals surface area (Å²) in [4.78, 5) is 3.22. The van der Waals surface area contributed by atoms with Crippen LogP contribution in [0.4, 0.5) is 0 Å². The number of benzene rings is 4. The van der Waals surface area contributed by atoms with Gasteiger partial charge in [-0.3, -0.25) is 4.93 Å². The van der Waals surface area contributed by atoms with E-state index in [0.717, 1.165) is 0 Å². The first-order valence-corrected chi connectivity index (χ1v) is 13.5. The summed E-state index contributed by atoms with van der Waals surface area (Å²) in [5, 5.41) is 5.24. The molecule has 0 aliphatic carbocycles. The van der Waals surface area contributed by atoms with Gasteiger partial charge in [0.2, 0.25) is 0 Å². The van der Waals surface area contributed by atoms with Crippen molar-refractivity contribution >= 4 is 89.3 Å². The van der Waals surface area contributed by atoms with E-state index in [4.69, 9.17) is 0 Å². The van der Waals surface area contributed by atoms with Gasteiger partial charge in [0.25, 0.3) is 0 Å². The molecule has 168 valence electrons. The van der Waals surface area contributed by atoms with Crippen molar-refractivity contribution in [2.24, 2.45) is 0 Å². The van der Waals surface area contributed by atoms with Gasteiger partial charge in [-0.15, -0.1) is 0 Å². The van der Waals surface area contributed by atoms with E-state index in [-0.39, 0.29) is 37.1 Å². The molecule has 0 spiro atoms. The monoisotopic (exact) mass is 826 g/mol. The van der Waals surface area contributed by atoms with Gasteiger partial charge < -0.3 is 67.8 Å². The second kappa shape index (κ2) is 30.8. The Morgan fingerprint density at radius 2 is 0.548 bits per heavy atom. The normalized spacial score (nSPS) is 7.61. The average molecular weight is 826 g/mol. The quantitative estimate of drug-likeness (QED) is 0.122. The van der Waals surface area contributed by atoms with Gasteiger partial charge in [0.15, 0.2) is 0 Å². The second-order valence-corrected chi connectivity index (χ2v) is 8.41. The van der Waals surface area contributed by atoms with Crippen LogP contribution in [0.1, 0.15) is 27.7 Å². The summed E-state index contributed by atoms with van der Waals surface area (Å²) >= 11 is 6.20. The third-order valence-electron chi connectivity index (χ3n) is 3.32. The molecule has 0 atom stereocenters. The minimum absolute atomic E-state index is 0. The van der Waals surface area contributed by atoms with Crippen LogP contribution in [0.5, 0.6) is 0 Å². The Morgan fingerprint density at radius 1 is 0.452 bits per heavy atom. The van der Waals surface area contributed by atoms with E-state index in [0.29, 0.717) is 0 Å². The van der Waals surface area contributed by atoms with E-state index in [1.165, 1.54) is 21.5 Å². The molecule has 4 aromatic rings. The van der Waals surface area contributed by atoms with E-state index in [9.17, 15) is 0 Å². The zero-order valence-corrected chi connectivity index (χ0v) is 27.8. The van der Waals surface area contributed by atoms with E-state index in [1.807, 2.05) is 52.7 Å². The van der Waals surface area contributed by atoms with Gasteiger partial charge in [-0.05, 0) is 21.5 Å². The summed E-state index contributed by atoms with van der Waals surface area (Å²) in [6.07, 6.45) is 0. The van der Waals surface area contributed by atoms with E-state index in [1.54, 1.807) is 0 Å². The van der Waals surface area contributed by atoms with Crippen LogP contribution in [0.2, 0.25) is 0 Å². The van der Waals surface area contributed by atoms with Gasteiger partial charge in [-0.25, -0.2) is 2.43 Å². The molecule has 0 heterocycles. The number of rotatable bonds is 0. The molecule has 31 heavy (non-hydrogen) atoms. The van der Waals surface area contributed by atoms with Crippen LogP contribution < -0.4 is 0 Å². The van der Waals surface area contributed by atoms with Crippen LogP contribution in [-0.2, 0) is 37.1 Å². The molecule has 0 aliphatic heterocycles. The molecule has 0 unspecified atom stereocenters. The largest absolute Gasteiger partial charge is 0.319 e. The molecule has 0 amide bonds. The molecular formula is C26H31I3V2-2. The molecule has 0 N–H and O–H groups in total. The molecule has 0 bridgehead atoms. The maximum absolute atomic E-state index is 3.22. The van der Waals surface area contributed by atoms with Gasteiger partial charge in [-0.1, -0.05) is 125 Å². The standard InChI is InChI=1S/2C10H8.2C2H6.CHI2.CH2I.2V/c2*1-2-6-10-8-4-3-7-9(10)5-1;2*1-2;2-1-3;1-2;;/h2*1-8H;2*1-2H3;1H;1H2;;/q;;;;2*-1;;. The van der Waals surface area contributed by atoms with Crippen molar-refractivity contribution in [3.05, 3.63) is 104 Å². The summed E-state index contributed by atoms with van der Waals surface area (Å²) in [6.45, 7) is 8.00. The Balaban J connectivity index is -0.000000165. The molecule has 4 rings (SSSR count). The third-order valence-corrected chi connectivity index (χ3v) is 3.32. The fourth-order valence-electron chi connectivity index (χ4n) is 2.27. The number of hydrogen-bond acceptors (Lipinski definition) is 0. The molecule has 0 nitrogen and oxygen atoms in total. The maximum Gasteiger partial charge on any atom is 0 e. The molecule has 0 fully saturated rings. The third kappa shape index (κ3) is 18.8. The molecule has 0 aromatic heterocycles. The Morgan fingerprint density at radius 3 is 0.645 bits per heavy atom. The smallest absolute Gasteiger partial charge is 0 e. The van der Waals surface area contributed by atoms with Gasteiger partial charge in [0, 0.05) is 37.1 Å². The maximum atomic E-state index is 3.22. The van der Waals surface area contributed by atoms with Crippen molar-refractivity contribution in [2.75, 3.05) is 0 Å². The van der Waals surface area contributed by atoms with Gasteiger partial charge in [-0.2, -0.15) is 0 Å². The minimum atomic E-state index is 0. The van der Waals surface area contributed by atoms with Crippen molar-refractivity contribution in [2.45, 2.75) is 27.7 Å². The van der Waals surface area contributed by atoms with Gasteiger partial charge in [0.1, 0.15) is 0 Å². The van der Waals surface area contributed by atoms with Crippen molar-refractivity contribution in [1.82, 2.24) is 0 Å². The number of halogens is 3. The first-order chi connectivity index (χ1) is 14.3. The zero-order chi connectivity index (χ0) is 22.3. The van der Waals surface area contributed by atoms with Gasteiger partial charge >= 0.3 is 0 Å². The van der Waals surface area contributed by atoms with E-state index >= 15 is 0 Å². The molecule has 0 saturated heterocycles. The number of fused-ring (bicyclic) bond motifs is 2. The first-order valence-electron chi connectivity index (χ1n) is 9.51. The molecule has 0 aliphatic rings. The first kappa shape index (κ1) is 39.0. The Bertz CT molecular complexity index is 653. The molecular weight excluding hydrogens is 795 g/mol. The molecule has 0 saturated carbocycles. The SMILES string of the molecule is CC.CC.I[CH-]I.[CH2-]I.[V].[V].c1ccc2ccccc2c1.c1ccc2ccccc2c1. The molecule has 2 radical (unpaired) electrons. The van der Waals surface area contributed by atoms with Crippen molar-refractivity contribution in [3.8, 4) is 0 Å². The van der Waals surface area contributed by atoms with Crippen molar-refractivity contribution in [3.63, 3.8) is 0 Å². The van der Waals surface area contributed by atoms with Crippen LogP contribution in [-0.4, -0.2) is 0 Å². The summed E-state index contributed by atoms with van der Waals surface area (Å²) in [6, 6.07) is 33.4. The Kier molecular flexibility index (Phi) is 38.7. The van der Waals surface area contributed by atoms with Crippen LogP contribution in [0.25, 0.3) is 21.5 Å². The summed E-state index contributed by atoms with van der Waals surface area (Å²) in [5.74, 6) is 0. The van der Waals surface area contributed by atoms with Crippen LogP contribution >= 0.6 is 67.8 Å². The Labute approximate surface area is 255 Å². The summed E-state index contributed by atoms with van der Waals surface area (Å²) in [5.41, 5.74) is 0. The predicted octanol–water partition coefficient (Wildman–Crippen LogP) is 10.9. The van der Waals surface area contributed by atoms with Crippen LogP contribution in [0.15, 0.2) is 97.1 Å². The average Bonchev–Trinajstić information content (AvgIpc) is 2.84. The topological polar surface area (TPSA) is 0 Å². The van der Waals surface area contributed by atoms with E-state index < -0.39 is 0 Å². The fraction of sp³-hybridized carbons (Fsp3) is 0.154. The summed E-state index contributed by atoms with van der Waals surface area (Å²) in [7, 11) is 0. The molecule has 4 aromatic carbocycles. The number of hydrogen-bond donors (Lipinski definition) is 0. The predicted molar refractivity (Wildman–Crippen MR) is 162 cm³/mol. The van der Waals surface area contributed by atoms with Crippen LogP contribution in [0.3, 0.4) is 0 Å². The summed E-state index contributed by atoms with van der Waals surface area (Å²) < 4.78 is 1.94. The van der Waals surface area contributed by atoms with Crippen molar-refractivity contribution in [1.29, 1.82) is 0 Å². The Hall–Kier alpha value is 0.759. The molecule has 5 heteroatoms. The minimum Gasteiger partial charge on any atom is -0.319 e.